The first-order chi connectivity index (χ1) is 15.1. The van der Waals surface area contributed by atoms with Crippen molar-refractivity contribution in [2.45, 2.75) is 42.2 Å². The number of hydrogen-bond acceptors (Lipinski definition) is 7. The monoisotopic (exact) mass is 424 g/mol. The quantitative estimate of drug-likeness (QED) is 0.403. The second-order valence-electron chi connectivity index (χ2n) is 9.89. The van der Waals surface area contributed by atoms with Gasteiger partial charge in [0.1, 0.15) is 0 Å². The maximum absolute atomic E-state index is 13.6. The van der Waals surface area contributed by atoms with Crippen molar-refractivity contribution in [3.8, 4) is 11.5 Å². The van der Waals surface area contributed by atoms with Crippen LogP contribution in [0.5, 0.6) is 11.5 Å². The van der Waals surface area contributed by atoms with Crippen molar-refractivity contribution < 1.29 is 28.8 Å². The molecule has 162 valence electrons. The molecule has 8 heteroatoms. The van der Waals surface area contributed by atoms with Crippen molar-refractivity contribution in [3.63, 3.8) is 0 Å². The van der Waals surface area contributed by atoms with Gasteiger partial charge in [0.25, 0.3) is 5.79 Å². The normalized spacial score (nSPS) is 42.3. The van der Waals surface area contributed by atoms with Crippen LogP contribution >= 0.6 is 0 Å². The van der Waals surface area contributed by atoms with Crippen molar-refractivity contribution in [1.82, 2.24) is 4.90 Å². The molecule has 0 unspecified atom stereocenters. The highest BCUT2D eigenvalue weighted by Crippen LogP contribution is 2.72. The third kappa shape index (κ3) is 1.70. The summed E-state index contributed by atoms with van der Waals surface area (Å²) in [6, 6.07) is 4.17. The van der Waals surface area contributed by atoms with Gasteiger partial charge in [-0.05, 0) is 23.6 Å². The molecule has 7 aliphatic rings. The van der Waals surface area contributed by atoms with Gasteiger partial charge in [0.2, 0.25) is 5.91 Å². The zero-order chi connectivity index (χ0) is 20.7. The molecule has 5 fully saturated rings. The molecule has 2 bridgehead atoms. The minimum Gasteiger partial charge on any atom is -0.493 e. The summed E-state index contributed by atoms with van der Waals surface area (Å²) in [6.45, 7) is 2.42. The molecular weight excluding hydrogens is 400 g/mol. The number of ether oxygens (including phenoxy) is 3. The predicted octanol–water partition coefficient (Wildman–Crippen LogP) is 1.38. The third-order valence-electron chi connectivity index (χ3n) is 9.09. The van der Waals surface area contributed by atoms with E-state index in [-0.39, 0.29) is 41.3 Å². The smallest absolute Gasteiger partial charge is 0.257 e. The lowest BCUT2D eigenvalue weighted by Crippen LogP contribution is -2.75. The van der Waals surface area contributed by atoms with E-state index in [0.717, 1.165) is 30.8 Å². The summed E-state index contributed by atoms with van der Waals surface area (Å²) >= 11 is 0. The lowest BCUT2D eigenvalue weighted by molar-refractivity contribution is -0.139. The van der Waals surface area contributed by atoms with Crippen LogP contribution < -0.4 is 14.4 Å². The molecule has 6 heterocycles. The van der Waals surface area contributed by atoms with Gasteiger partial charge in [0.15, 0.2) is 11.5 Å². The number of carbonyl (C=O) groups is 1. The molecule has 1 saturated carbocycles. The van der Waals surface area contributed by atoms with E-state index in [9.17, 15) is 4.79 Å². The number of anilines is 1. The van der Waals surface area contributed by atoms with Crippen LogP contribution in [0.1, 0.15) is 18.4 Å². The summed E-state index contributed by atoms with van der Waals surface area (Å²) in [5.74, 6) is 1.08. The summed E-state index contributed by atoms with van der Waals surface area (Å²) in [7, 11) is 3.30. The second-order valence-corrected chi connectivity index (χ2v) is 9.89. The minimum atomic E-state index is -0.644. The SMILES string of the molecule is COc1cc2c(cc1OC)[C@@]13CCN4CC5=CCO[C@H]6CC(=O)N2[C@H]1[C@H]6[C@H]5C1(OO1)[C@H]43. The summed E-state index contributed by atoms with van der Waals surface area (Å²) in [4.78, 5) is 30.0. The third-order valence-corrected chi connectivity index (χ3v) is 9.09. The van der Waals surface area contributed by atoms with Crippen molar-refractivity contribution in [3.05, 3.63) is 29.3 Å². The van der Waals surface area contributed by atoms with Gasteiger partial charge >= 0.3 is 0 Å². The zero-order valence-electron chi connectivity index (χ0n) is 17.5. The van der Waals surface area contributed by atoms with E-state index < -0.39 is 5.79 Å². The summed E-state index contributed by atoms with van der Waals surface area (Å²) < 4.78 is 17.6. The lowest BCUT2D eigenvalue weighted by atomic mass is 9.51. The first-order valence-electron chi connectivity index (χ1n) is 11.1. The molecular formula is C23H24N2O6. The molecule has 8 nitrogen and oxygen atoms in total. The number of piperidine rings is 2. The zero-order valence-corrected chi connectivity index (χ0v) is 17.5. The van der Waals surface area contributed by atoms with Gasteiger partial charge in [-0.2, -0.15) is 9.78 Å². The maximum Gasteiger partial charge on any atom is 0.257 e. The van der Waals surface area contributed by atoms with Crippen molar-refractivity contribution >= 4 is 11.6 Å². The highest BCUT2D eigenvalue weighted by atomic mass is 17.4. The number of benzene rings is 1. The van der Waals surface area contributed by atoms with Crippen LogP contribution in [0.3, 0.4) is 0 Å². The average molecular weight is 424 g/mol. The maximum atomic E-state index is 13.6. The Labute approximate surface area is 179 Å². The van der Waals surface area contributed by atoms with Crippen molar-refractivity contribution in [1.29, 1.82) is 0 Å². The van der Waals surface area contributed by atoms with Crippen LogP contribution in [-0.2, 0) is 24.7 Å². The van der Waals surface area contributed by atoms with E-state index in [0.29, 0.717) is 24.5 Å². The first-order valence-corrected chi connectivity index (χ1v) is 11.1. The van der Waals surface area contributed by atoms with Gasteiger partial charge in [0.05, 0.1) is 57.0 Å². The number of nitrogens with zero attached hydrogens (tertiary/aromatic N) is 2. The van der Waals surface area contributed by atoms with E-state index >= 15 is 0 Å². The first kappa shape index (κ1) is 17.4. The molecule has 1 aromatic carbocycles. The Kier molecular flexibility index (Phi) is 2.96. The number of amides is 1. The van der Waals surface area contributed by atoms with Gasteiger partial charge in [0, 0.05) is 30.5 Å². The molecule has 31 heavy (non-hydrogen) atoms. The molecule has 0 aromatic heterocycles. The molecule has 4 saturated heterocycles. The van der Waals surface area contributed by atoms with Gasteiger partial charge < -0.3 is 19.1 Å². The van der Waals surface area contributed by atoms with Crippen LogP contribution in [0, 0.1) is 11.8 Å². The van der Waals surface area contributed by atoms with E-state index in [1.54, 1.807) is 14.2 Å². The van der Waals surface area contributed by atoms with Crippen molar-refractivity contribution in [2.75, 3.05) is 38.8 Å². The topological polar surface area (TPSA) is 76.3 Å². The van der Waals surface area contributed by atoms with Gasteiger partial charge in [-0.15, -0.1) is 0 Å². The average Bonchev–Trinajstić information content (AvgIpc) is 3.38. The van der Waals surface area contributed by atoms with Crippen LogP contribution in [0.2, 0.25) is 0 Å². The molecule has 0 radical (unpaired) electrons. The number of carbonyl (C=O) groups excluding carboxylic acids is 1. The van der Waals surface area contributed by atoms with Crippen LogP contribution in [0.4, 0.5) is 5.69 Å². The van der Waals surface area contributed by atoms with Gasteiger partial charge in [-0.3, -0.25) is 9.69 Å². The highest BCUT2D eigenvalue weighted by molar-refractivity contribution is 6.00. The molecule has 1 aromatic rings. The number of rotatable bonds is 2. The molecule has 0 N–H and O–H groups in total. The fraction of sp³-hybridized carbons (Fsp3) is 0.609. The largest absolute Gasteiger partial charge is 0.493 e. The van der Waals surface area contributed by atoms with E-state index in [2.05, 4.69) is 21.9 Å². The van der Waals surface area contributed by atoms with Crippen LogP contribution in [0.15, 0.2) is 23.8 Å². The highest BCUT2D eigenvalue weighted by Gasteiger charge is 2.84. The molecule has 6 atom stereocenters. The van der Waals surface area contributed by atoms with Crippen LogP contribution in [0.25, 0.3) is 0 Å². The fourth-order valence-electron chi connectivity index (χ4n) is 8.25. The Morgan fingerprint density at radius 3 is 2.74 bits per heavy atom. The summed E-state index contributed by atoms with van der Waals surface area (Å²) in [5, 5.41) is 0. The Bertz CT molecular complexity index is 1080. The molecule has 1 amide bonds. The Morgan fingerprint density at radius 2 is 1.97 bits per heavy atom. The Hall–Kier alpha value is -2.13. The standard InChI is InChI=1S/C23H24N2O6/c1-27-14-7-12-13(8-15(14)28-2)25-17(26)9-16-18-19-11(3-6-29-16)10-24-5-4-22(12,20(18)25)21(24)23(19)30-31-23/h3,7-8,16,18-21H,4-6,9-10H2,1-2H3/t16-,18+,19-,20-,21+,22-/m0/s1. The number of methoxy groups -OCH3 is 2. The minimum absolute atomic E-state index is 0.0192. The van der Waals surface area contributed by atoms with E-state index in [1.165, 1.54) is 5.57 Å². The molecule has 1 aliphatic carbocycles. The molecule has 8 rings (SSSR count). The van der Waals surface area contributed by atoms with Gasteiger partial charge in [-0.25, -0.2) is 0 Å². The Balaban J connectivity index is 1.46. The predicted molar refractivity (Wildman–Crippen MR) is 107 cm³/mol. The summed E-state index contributed by atoms with van der Waals surface area (Å²) in [5.41, 5.74) is 3.17. The van der Waals surface area contributed by atoms with E-state index in [4.69, 9.17) is 24.0 Å². The second kappa shape index (κ2) is 5.26. The molecule has 2 spiro atoms. The lowest BCUT2D eigenvalue weighted by Gasteiger charge is -2.59. The Morgan fingerprint density at radius 1 is 1.16 bits per heavy atom. The number of fused-ring (bicyclic) bond motifs is 2. The number of hydrogen-bond donors (Lipinski definition) is 0. The molecule has 6 aliphatic heterocycles. The summed E-state index contributed by atoms with van der Waals surface area (Å²) in [6.07, 6.45) is 3.42. The van der Waals surface area contributed by atoms with Crippen LogP contribution in [-0.4, -0.2) is 68.7 Å². The van der Waals surface area contributed by atoms with E-state index in [1.807, 2.05) is 6.07 Å². The fourth-order valence-corrected chi connectivity index (χ4v) is 8.25. The van der Waals surface area contributed by atoms with Crippen molar-refractivity contribution in [2.24, 2.45) is 11.8 Å². The van der Waals surface area contributed by atoms with Gasteiger partial charge in [-0.1, -0.05) is 6.08 Å².